The lowest BCUT2D eigenvalue weighted by Gasteiger charge is -2.31. The van der Waals surface area contributed by atoms with E-state index in [0.717, 1.165) is 19.5 Å². The molecule has 2 nitrogen and oxygen atoms in total. The van der Waals surface area contributed by atoms with E-state index >= 15 is 0 Å². The minimum Gasteiger partial charge on any atom is -0.492 e. The normalized spacial score (nSPS) is 22.3. The van der Waals surface area contributed by atoms with E-state index < -0.39 is 0 Å². The number of ether oxygens (including phenoxy) is 1. The van der Waals surface area contributed by atoms with Gasteiger partial charge < -0.3 is 10.1 Å². The smallest absolute Gasteiger partial charge is 0.123 e. The van der Waals surface area contributed by atoms with Crippen LogP contribution < -0.4 is 5.32 Å². The number of rotatable bonds is 4. The fourth-order valence-electron chi connectivity index (χ4n) is 2.15. The summed E-state index contributed by atoms with van der Waals surface area (Å²) in [6, 6.07) is 0. The summed E-state index contributed by atoms with van der Waals surface area (Å²) in [6.07, 6.45) is 7.55. The molecule has 0 aromatic carbocycles. The van der Waals surface area contributed by atoms with E-state index in [0.29, 0.717) is 6.10 Å². The van der Waals surface area contributed by atoms with Crippen molar-refractivity contribution in [3.05, 3.63) is 23.0 Å². The van der Waals surface area contributed by atoms with Crippen LogP contribution in [0.3, 0.4) is 0 Å². The third-order valence-electron chi connectivity index (χ3n) is 3.16. The molecule has 1 N–H and O–H groups in total. The summed E-state index contributed by atoms with van der Waals surface area (Å²) < 4.78 is 5.94. The van der Waals surface area contributed by atoms with Crippen molar-refractivity contribution in [1.29, 1.82) is 0 Å². The van der Waals surface area contributed by atoms with Crippen LogP contribution >= 0.6 is 0 Å². The van der Waals surface area contributed by atoms with Crippen LogP contribution in [-0.2, 0) is 4.74 Å². The molecular formula is C12H20BNO. The van der Waals surface area contributed by atoms with Crippen molar-refractivity contribution in [3.63, 3.8) is 0 Å². The summed E-state index contributed by atoms with van der Waals surface area (Å²) >= 11 is 0. The van der Waals surface area contributed by atoms with Gasteiger partial charge in [-0.3, -0.25) is 0 Å². The molecule has 1 heterocycles. The quantitative estimate of drug-likeness (QED) is 0.700. The molecule has 0 radical (unpaired) electrons. The Morgan fingerprint density at radius 3 is 2.80 bits per heavy atom. The van der Waals surface area contributed by atoms with Crippen molar-refractivity contribution in [2.24, 2.45) is 0 Å². The van der Waals surface area contributed by atoms with Gasteiger partial charge in [-0.05, 0) is 25.3 Å². The van der Waals surface area contributed by atoms with Crippen molar-refractivity contribution in [1.82, 2.24) is 5.32 Å². The van der Waals surface area contributed by atoms with Crippen molar-refractivity contribution in [2.75, 3.05) is 13.1 Å². The standard InChI is InChI=1S/C12H20BNO/c1-9-6-10(4-5-13)2-3-12(9)15-11-7-14-8-11/h6,11,14H,2-5,7-8,13H2,1H3. The number of hydrogen-bond acceptors (Lipinski definition) is 2. The summed E-state index contributed by atoms with van der Waals surface area (Å²) in [5, 5.41) is 3.23. The molecule has 0 spiro atoms. The Kier molecular flexibility index (Phi) is 3.52. The summed E-state index contributed by atoms with van der Waals surface area (Å²) in [5.41, 5.74) is 2.94. The van der Waals surface area contributed by atoms with Gasteiger partial charge in [0.25, 0.3) is 0 Å². The van der Waals surface area contributed by atoms with E-state index in [1.54, 1.807) is 5.57 Å². The first-order valence-electron chi connectivity index (χ1n) is 6.06. The Morgan fingerprint density at radius 1 is 1.47 bits per heavy atom. The van der Waals surface area contributed by atoms with Gasteiger partial charge in [0.05, 0.1) is 5.76 Å². The van der Waals surface area contributed by atoms with Gasteiger partial charge in [-0.1, -0.05) is 18.0 Å². The van der Waals surface area contributed by atoms with Crippen LogP contribution in [0, 0.1) is 0 Å². The van der Waals surface area contributed by atoms with Crippen LogP contribution in [0.4, 0.5) is 0 Å². The summed E-state index contributed by atoms with van der Waals surface area (Å²) in [5.74, 6) is 1.22. The molecule has 15 heavy (non-hydrogen) atoms. The maximum absolute atomic E-state index is 5.94. The fourth-order valence-corrected chi connectivity index (χ4v) is 2.15. The molecule has 3 heteroatoms. The first-order chi connectivity index (χ1) is 7.29. The minimum atomic E-state index is 0.427. The molecular weight excluding hydrogens is 185 g/mol. The Balaban J connectivity index is 1.95. The largest absolute Gasteiger partial charge is 0.492 e. The van der Waals surface area contributed by atoms with Crippen LogP contribution in [-0.4, -0.2) is 27.0 Å². The highest BCUT2D eigenvalue weighted by molar-refractivity contribution is 6.08. The molecule has 82 valence electrons. The number of hydrogen-bond donors (Lipinski definition) is 1. The van der Waals surface area contributed by atoms with E-state index in [-0.39, 0.29) is 0 Å². The molecule has 0 atom stereocenters. The molecule has 1 saturated heterocycles. The molecule has 0 amide bonds. The lowest BCUT2D eigenvalue weighted by atomic mass is 9.90. The van der Waals surface area contributed by atoms with E-state index in [1.165, 1.54) is 30.5 Å². The van der Waals surface area contributed by atoms with Gasteiger partial charge in [0.1, 0.15) is 14.0 Å². The molecule has 0 aromatic heterocycles. The SMILES string of the molecule is BCCC1=CC(C)=C(OC2CNC2)CC1. The predicted molar refractivity (Wildman–Crippen MR) is 65.7 cm³/mol. The molecule has 1 aliphatic heterocycles. The molecule has 0 aromatic rings. The Morgan fingerprint density at radius 2 is 2.27 bits per heavy atom. The average Bonchev–Trinajstić information content (AvgIpc) is 2.14. The lowest BCUT2D eigenvalue weighted by molar-refractivity contribution is 0.0641. The van der Waals surface area contributed by atoms with Crippen molar-refractivity contribution < 1.29 is 4.74 Å². The van der Waals surface area contributed by atoms with Crippen LogP contribution in [0.1, 0.15) is 26.2 Å². The Bertz CT molecular complexity index is 292. The molecule has 0 bridgehead atoms. The second-order valence-electron chi connectivity index (χ2n) is 4.56. The van der Waals surface area contributed by atoms with E-state index in [4.69, 9.17) is 4.74 Å². The predicted octanol–water partition coefficient (Wildman–Crippen LogP) is 1.41. The second kappa shape index (κ2) is 4.89. The van der Waals surface area contributed by atoms with Crippen LogP contribution in [0.25, 0.3) is 0 Å². The highest BCUT2D eigenvalue weighted by Gasteiger charge is 2.21. The second-order valence-corrected chi connectivity index (χ2v) is 4.56. The Hall–Kier alpha value is -0.695. The minimum absolute atomic E-state index is 0.427. The van der Waals surface area contributed by atoms with Gasteiger partial charge in [0.2, 0.25) is 0 Å². The van der Waals surface area contributed by atoms with Crippen molar-refractivity contribution >= 4 is 7.85 Å². The topological polar surface area (TPSA) is 21.3 Å². The first-order valence-corrected chi connectivity index (χ1v) is 6.06. The molecule has 2 aliphatic rings. The number of nitrogens with one attached hydrogen (secondary N) is 1. The van der Waals surface area contributed by atoms with Crippen LogP contribution in [0.5, 0.6) is 0 Å². The summed E-state index contributed by atoms with van der Waals surface area (Å²) in [4.78, 5) is 0. The van der Waals surface area contributed by atoms with Gasteiger partial charge >= 0.3 is 0 Å². The lowest BCUT2D eigenvalue weighted by Crippen LogP contribution is -2.48. The maximum atomic E-state index is 5.94. The van der Waals surface area contributed by atoms with Crippen LogP contribution in [0.2, 0.25) is 6.32 Å². The van der Waals surface area contributed by atoms with Gasteiger partial charge in [-0.25, -0.2) is 0 Å². The maximum Gasteiger partial charge on any atom is 0.123 e. The van der Waals surface area contributed by atoms with E-state index in [1.807, 2.05) is 0 Å². The summed E-state index contributed by atoms with van der Waals surface area (Å²) in [7, 11) is 2.24. The molecule has 2 rings (SSSR count). The third kappa shape index (κ3) is 2.66. The first kappa shape index (κ1) is 10.8. The summed E-state index contributed by atoms with van der Waals surface area (Å²) in [6.45, 7) is 4.21. The fraction of sp³-hybridized carbons (Fsp3) is 0.667. The highest BCUT2D eigenvalue weighted by Crippen LogP contribution is 2.28. The molecule has 0 unspecified atom stereocenters. The number of allylic oxidation sites excluding steroid dienone is 4. The van der Waals surface area contributed by atoms with Crippen LogP contribution in [0.15, 0.2) is 23.0 Å². The molecule has 0 saturated carbocycles. The van der Waals surface area contributed by atoms with Gasteiger partial charge in [-0.15, -0.1) is 0 Å². The third-order valence-corrected chi connectivity index (χ3v) is 3.16. The van der Waals surface area contributed by atoms with E-state index in [2.05, 4.69) is 26.2 Å². The Labute approximate surface area is 93.2 Å². The van der Waals surface area contributed by atoms with Crippen molar-refractivity contribution in [2.45, 2.75) is 38.6 Å². The monoisotopic (exact) mass is 205 g/mol. The molecule has 1 aliphatic carbocycles. The highest BCUT2D eigenvalue weighted by atomic mass is 16.5. The zero-order chi connectivity index (χ0) is 10.7. The average molecular weight is 205 g/mol. The zero-order valence-corrected chi connectivity index (χ0v) is 9.81. The van der Waals surface area contributed by atoms with E-state index in [9.17, 15) is 0 Å². The zero-order valence-electron chi connectivity index (χ0n) is 9.81. The van der Waals surface area contributed by atoms with Crippen molar-refractivity contribution in [3.8, 4) is 0 Å². The van der Waals surface area contributed by atoms with Gasteiger partial charge in [0, 0.05) is 19.5 Å². The van der Waals surface area contributed by atoms with Gasteiger partial charge in [-0.2, -0.15) is 0 Å². The van der Waals surface area contributed by atoms with Gasteiger partial charge in [0.15, 0.2) is 0 Å². The molecule has 1 fully saturated rings.